The molecule has 3 rings (SSSR count). The van der Waals surface area contributed by atoms with E-state index in [4.69, 9.17) is 5.73 Å². The van der Waals surface area contributed by atoms with Crippen molar-refractivity contribution >= 4 is 0 Å². The number of aryl methyl sites for hydroxylation is 1. The molecule has 0 spiro atoms. The summed E-state index contributed by atoms with van der Waals surface area (Å²) in [5.74, 6) is -0.301. The van der Waals surface area contributed by atoms with E-state index in [1.54, 1.807) is 22.9 Å². The molecule has 0 saturated heterocycles. The summed E-state index contributed by atoms with van der Waals surface area (Å²) < 4.78 is 15.8. The van der Waals surface area contributed by atoms with Gasteiger partial charge in [0, 0.05) is 12.1 Å². The summed E-state index contributed by atoms with van der Waals surface area (Å²) >= 11 is 0. The van der Waals surface area contributed by atoms with Gasteiger partial charge < -0.3 is 5.73 Å². The Morgan fingerprint density at radius 1 is 1.09 bits per heavy atom. The molecular weight excluding hydrogens is 279 g/mol. The molecule has 0 aliphatic rings. The molecule has 22 heavy (non-hydrogen) atoms. The van der Waals surface area contributed by atoms with Crippen LogP contribution >= 0.6 is 0 Å². The molecule has 4 nitrogen and oxygen atoms in total. The predicted octanol–water partition coefficient (Wildman–Crippen LogP) is 2.90. The maximum absolute atomic E-state index is 14.1. The Balaban J connectivity index is 2.04. The van der Waals surface area contributed by atoms with E-state index in [1.165, 1.54) is 11.6 Å². The molecule has 0 aliphatic heterocycles. The maximum atomic E-state index is 14.1. The van der Waals surface area contributed by atoms with Gasteiger partial charge in [-0.05, 0) is 24.6 Å². The zero-order chi connectivity index (χ0) is 15.5. The predicted molar refractivity (Wildman–Crippen MR) is 83.6 cm³/mol. The molecule has 0 unspecified atom stereocenters. The van der Waals surface area contributed by atoms with Crippen molar-refractivity contribution in [1.29, 1.82) is 0 Å². The minimum absolute atomic E-state index is 0.220. The third kappa shape index (κ3) is 2.76. The van der Waals surface area contributed by atoms with Crippen molar-refractivity contribution in [3.05, 3.63) is 71.2 Å². The van der Waals surface area contributed by atoms with Crippen LogP contribution < -0.4 is 5.73 Å². The number of hydrogen-bond acceptors (Lipinski definition) is 3. The first-order chi connectivity index (χ1) is 10.7. The number of hydrogen-bond donors (Lipinski definition) is 1. The summed E-state index contributed by atoms with van der Waals surface area (Å²) in [6, 6.07) is 14.8. The molecule has 112 valence electrons. The monoisotopic (exact) mass is 296 g/mol. The van der Waals surface area contributed by atoms with Crippen LogP contribution in [0.2, 0.25) is 0 Å². The Labute approximate surface area is 128 Å². The minimum atomic E-state index is -0.301. The molecular formula is C17H17FN4. The fraction of sp³-hybridized carbons (Fsp3) is 0.176. The van der Waals surface area contributed by atoms with Crippen molar-refractivity contribution in [2.45, 2.75) is 20.0 Å². The molecule has 2 N–H and O–H groups in total. The van der Waals surface area contributed by atoms with Crippen molar-refractivity contribution < 1.29 is 4.39 Å². The van der Waals surface area contributed by atoms with Gasteiger partial charge in [-0.25, -0.2) is 9.07 Å². The molecule has 3 aromatic rings. The van der Waals surface area contributed by atoms with Gasteiger partial charge in [0.1, 0.15) is 11.5 Å². The zero-order valence-electron chi connectivity index (χ0n) is 12.3. The highest BCUT2D eigenvalue weighted by atomic mass is 19.1. The number of rotatable bonds is 4. The van der Waals surface area contributed by atoms with Gasteiger partial charge >= 0.3 is 0 Å². The van der Waals surface area contributed by atoms with E-state index < -0.39 is 0 Å². The van der Waals surface area contributed by atoms with E-state index in [0.717, 1.165) is 5.56 Å². The van der Waals surface area contributed by atoms with Crippen molar-refractivity contribution in [3.8, 4) is 11.3 Å². The number of benzene rings is 2. The standard InChI is InChI=1S/C17H17FN4/c1-12-6-8-13(9-7-12)11-22-17(16(10-19)20-21-22)14-4-2-3-5-15(14)18/h2-9H,10-11,19H2,1H3. The summed E-state index contributed by atoms with van der Waals surface area (Å²) in [6.07, 6.45) is 0. The summed E-state index contributed by atoms with van der Waals surface area (Å²) in [4.78, 5) is 0. The normalized spacial score (nSPS) is 10.9. The molecule has 1 heterocycles. The van der Waals surface area contributed by atoms with E-state index in [9.17, 15) is 4.39 Å². The Hall–Kier alpha value is -2.53. The van der Waals surface area contributed by atoms with Gasteiger partial charge in [0.15, 0.2) is 0 Å². The second-order valence-electron chi connectivity index (χ2n) is 5.21. The van der Waals surface area contributed by atoms with Crippen LogP contribution in [0, 0.1) is 12.7 Å². The van der Waals surface area contributed by atoms with Gasteiger partial charge in [-0.3, -0.25) is 0 Å². The second-order valence-corrected chi connectivity index (χ2v) is 5.21. The lowest BCUT2D eigenvalue weighted by atomic mass is 10.1. The largest absolute Gasteiger partial charge is 0.325 e. The van der Waals surface area contributed by atoms with Crippen molar-refractivity contribution in [3.63, 3.8) is 0 Å². The lowest BCUT2D eigenvalue weighted by Gasteiger charge is -2.09. The zero-order valence-corrected chi connectivity index (χ0v) is 12.3. The van der Waals surface area contributed by atoms with Crippen molar-refractivity contribution in [2.24, 2.45) is 5.73 Å². The summed E-state index contributed by atoms with van der Waals surface area (Å²) in [5.41, 5.74) is 9.71. The van der Waals surface area contributed by atoms with Crippen LogP contribution in [-0.4, -0.2) is 15.0 Å². The van der Waals surface area contributed by atoms with Crippen molar-refractivity contribution in [1.82, 2.24) is 15.0 Å². The molecule has 0 fully saturated rings. The van der Waals surface area contributed by atoms with Gasteiger partial charge in [-0.15, -0.1) is 5.10 Å². The first kappa shape index (κ1) is 14.4. The lowest BCUT2D eigenvalue weighted by Crippen LogP contribution is -2.06. The van der Waals surface area contributed by atoms with Gasteiger partial charge in [0.25, 0.3) is 0 Å². The number of halogens is 1. The summed E-state index contributed by atoms with van der Waals surface area (Å²) in [6.45, 7) is 2.78. The lowest BCUT2D eigenvalue weighted by molar-refractivity contribution is 0.620. The Kier molecular flexibility index (Phi) is 3.98. The average Bonchev–Trinajstić information content (AvgIpc) is 2.93. The molecule has 0 amide bonds. The summed E-state index contributed by atoms with van der Waals surface area (Å²) in [5, 5.41) is 8.23. The van der Waals surface area contributed by atoms with E-state index >= 15 is 0 Å². The smallest absolute Gasteiger partial charge is 0.132 e. The van der Waals surface area contributed by atoms with Crippen molar-refractivity contribution in [2.75, 3.05) is 0 Å². The first-order valence-corrected chi connectivity index (χ1v) is 7.12. The highest BCUT2D eigenvalue weighted by Crippen LogP contribution is 2.25. The van der Waals surface area contributed by atoms with Gasteiger partial charge in [-0.1, -0.05) is 47.2 Å². The van der Waals surface area contributed by atoms with Gasteiger partial charge in [0.05, 0.1) is 12.2 Å². The molecule has 0 saturated carbocycles. The van der Waals surface area contributed by atoms with Crippen LogP contribution in [0.3, 0.4) is 0 Å². The minimum Gasteiger partial charge on any atom is -0.325 e. The maximum Gasteiger partial charge on any atom is 0.132 e. The third-order valence-corrected chi connectivity index (χ3v) is 3.58. The number of nitrogens with zero attached hydrogens (tertiary/aromatic N) is 3. The Morgan fingerprint density at radius 2 is 1.82 bits per heavy atom. The summed E-state index contributed by atoms with van der Waals surface area (Å²) in [7, 11) is 0. The van der Waals surface area contributed by atoms with E-state index in [2.05, 4.69) is 10.3 Å². The number of aromatic nitrogens is 3. The Bertz CT molecular complexity index is 778. The van der Waals surface area contributed by atoms with Crippen LogP contribution in [0.5, 0.6) is 0 Å². The van der Waals surface area contributed by atoms with E-state index in [-0.39, 0.29) is 12.4 Å². The SMILES string of the molecule is Cc1ccc(Cn2nnc(CN)c2-c2ccccc2F)cc1. The molecule has 1 aromatic heterocycles. The fourth-order valence-electron chi connectivity index (χ4n) is 2.41. The van der Waals surface area contributed by atoms with Gasteiger partial charge in [-0.2, -0.15) is 0 Å². The van der Waals surface area contributed by atoms with Gasteiger partial charge in [0.2, 0.25) is 0 Å². The number of nitrogens with two attached hydrogens (primary N) is 1. The third-order valence-electron chi connectivity index (χ3n) is 3.58. The van der Waals surface area contributed by atoms with Crippen LogP contribution in [0.4, 0.5) is 4.39 Å². The second kappa shape index (κ2) is 6.07. The molecule has 0 bridgehead atoms. The van der Waals surface area contributed by atoms with E-state index in [1.807, 2.05) is 31.2 Å². The molecule has 0 aliphatic carbocycles. The molecule has 2 aromatic carbocycles. The molecule has 5 heteroatoms. The first-order valence-electron chi connectivity index (χ1n) is 7.12. The Morgan fingerprint density at radius 3 is 2.50 bits per heavy atom. The fourth-order valence-corrected chi connectivity index (χ4v) is 2.41. The van der Waals surface area contributed by atoms with E-state index in [0.29, 0.717) is 23.5 Å². The van der Waals surface area contributed by atoms with Crippen LogP contribution in [0.1, 0.15) is 16.8 Å². The topological polar surface area (TPSA) is 56.7 Å². The van der Waals surface area contributed by atoms with Crippen LogP contribution in [-0.2, 0) is 13.1 Å². The quantitative estimate of drug-likeness (QED) is 0.805. The molecule has 0 atom stereocenters. The highest BCUT2D eigenvalue weighted by Gasteiger charge is 2.17. The van der Waals surface area contributed by atoms with Crippen LogP contribution in [0.25, 0.3) is 11.3 Å². The average molecular weight is 296 g/mol. The highest BCUT2D eigenvalue weighted by molar-refractivity contribution is 5.62. The van der Waals surface area contributed by atoms with Crippen LogP contribution in [0.15, 0.2) is 48.5 Å². The molecule has 0 radical (unpaired) electrons.